The number of hydrogen-bond donors (Lipinski definition) is 0. The standard InChI is InChI=1S/C45H33NO/c1-45(2,3)33-23-19-28(20-24-33)40-35-13-7-9-15-37(35)41(38-16-10-8-14-36(38)40)32-21-25-34-31(27-32)18-17-29-22-26-39-43(42(29)34)47-44(46-39)30-11-5-4-6-12-30/h4-27H,1-3H3. The molecule has 224 valence electrons. The van der Waals surface area contributed by atoms with E-state index in [2.05, 4.69) is 136 Å². The van der Waals surface area contributed by atoms with Crippen LogP contribution in [0.5, 0.6) is 0 Å². The molecule has 1 aromatic heterocycles. The fraction of sp³-hybridized carbons (Fsp3) is 0.0889. The molecule has 0 aliphatic carbocycles. The Kier molecular flexibility index (Phi) is 6.10. The minimum Gasteiger partial charge on any atom is -0.435 e. The summed E-state index contributed by atoms with van der Waals surface area (Å²) in [5.41, 5.74) is 9.12. The molecule has 0 bridgehead atoms. The van der Waals surface area contributed by atoms with E-state index in [-0.39, 0.29) is 5.41 Å². The fourth-order valence-electron chi connectivity index (χ4n) is 7.28. The monoisotopic (exact) mass is 603 g/mol. The minimum atomic E-state index is 0.108. The first-order chi connectivity index (χ1) is 22.9. The van der Waals surface area contributed by atoms with E-state index in [1.807, 2.05) is 30.3 Å². The molecule has 8 aromatic carbocycles. The molecule has 0 aliphatic rings. The van der Waals surface area contributed by atoms with Gasteiger partial charge in [0, 0.05) is 10.9 Å². The van der Waals surface area contributed by atoms with E-state index in [0.29, 0.717) is 5.89 Å². The summed E-state index contributed by atoms with van der Waals surface area (Å²) >= 11 is 0. The average molecular weight is 604 g/mol. The molecule has 0 spiro atoms. The van der Waals surface area contributed by atoms with E-state index in [0.717, 1.165) is 32.8 Å². The lowest BCUT2D eigenvalue weighted by atomic mass is 9.83. The molecular weight excluding hydrogens is 571 g/mol. The van der Waals surface area contributed by atoms with Crippen LogP contribution in [0.3, 0.4) is 0 Å². The molecule has 47 heavy (non-hydrogen) atoms. The Morgan fingerprint density at radius 1 is 0.468 bits per heavy atom. The van der Waals surface area contributed by atoms with Gasteiger partial charge in [-0.05, 0) is 95.2 Å². The second kappa shape index (κ2) is 10.4. The predicted octanol–water partition coefficient (Wildman–Crippen LogP) is 12.7. The number of oxazole rings is 1. The summed E-state index contributed by atoms with van der Waals surface area (Å²) in [7, 11) is 0. The molecule has 0 saturated heterocycles. The largest absolute Gasteiger partial charge is 0.435 e. The quantitative estimate of drug-likeness (QED) is 0.148. The first-order valence-corrected chi connectivity index (χ1v) is 16.3. The summed E-state index contributed by atoms with van der Waals surface area (Å²) in [6.45, 7) is 6.80. The fourth-order valence-corrected chi connectivity index (χ4v) is 7.28. The number of hydrogen-bond acceptors (Lipinski definition) is 2. The zero-order valence-corrected chi connectivity index (χ0v) is 26.7. The lowest BCUT2D eigenvalue weighted by Crippen LogP contribution is -2.10. The topological polar surface area (TPSA) is 26.0 Å². The summed E-state index contributed by atoms with van der Waals surface area (Å²) in [5.74, 6) is 0.646. The predicted molar refractivity (Wildman–Crippen MR) is 199 cm³/mol. The normalized spacial score (nSPS) is 12.1. The molecule has 0 radical (unpaired) electrons. The van der Waals surface area contributed by atoms with Crippen LogP contribution < -0.4 is 0 Å². The molecule has 2 heteroatoms. The Morgan fingerprint density at radius 2 is 1.02 bits per heavy atom. The van der Waals surface area contributed by atoms with Gasteiger partial charge in [0.1, 0.15) is 5.52 Å². The van der Waals surface area contributed by atoms with Crippen LogP contribution >= 0.6 is 0 Å². The van der Waals surface area contributed by atoms with Crippen molar-refractivity contribution in [1.82, 2.24) is 4.98 Å². The van der Waals surface area contributed by atoms with Crippen LogP contribution in [0.4, 0.5) is 0 Å². The highest BCUT2D eigenvalue weighted by molar-refractivity contribution is 6.23. The highest BCUT2D eigenvalue weighted by Gasteiger charge is 2.19. The van der Waals surface area contributed by atoms with Crippen molar-refractivity contribution in [1.29, 1.82) is 0 Å². The van der Waals surface area contributed by atoms with Gasteiger partial charge in [0.05, 0.1) is 0 Å². The zero-order chi connectivity index (χ0) is 31.7. The Hall–Kier alpha value is -5.73. The van der Waals surface area contributed by atoms with Gasteiger partial charge in [0.15, 0.2) is 5.58 Å². The van der Waals surface area contributed by atoms with E-state index in [4.69, 9.17) is 9.40 Å². The third kappa shape index (κ3) is 4.44. The Labute approximate surface area is 273 Å². The smallest absolute Gasteiger partial charge is 0.227 e. The van der Waals surface area contributed by atoms with E-state index >= 15 is 0 Å². The first-order valence-electron chi connectivity index (χ1n) is 16.3. The van der Waals surface area contributed by atoms with E-state index in [9.17, 15) is 0 Å². The molecule has 0 N–H and O–H groups in total. The minimum absolute atomic E-state index is 0.108. The lowest BCUT2D eigenvalue weighted by molar-refractivity contribution is 0.590. The van der Waals surface area contributed by atoms with Crippen molar-refractivity contribution >= 4 is 54.2 Å². The van der Waals surface area contributed by atoms with Gasteiger partial charge in [-0.15, -0.1) is 0 Å². The third-order valence-corrected chi connectivity index (χ3v) is 9.63. The average Bonchev–Trinajstić information content (AvgIpc) is 3.55. The molecule has 0 amide bonds. The van der Waals surface area contributed by atoms with Crippen molar-refractivity contribution in [3.05, 3.63) is 151 Å². The van der Waals surface area contributed by atoms with Crippen molar-refractivity contribution in [3.8, 4) is 33.7 Å². The molecule has 9 rings (SSSR count). The lowest BCUT2D eigenvalue weighted by Gasteiger charge is -2.21. The van der Waals surface area contributed by atoms with Crippen molar-refractivity contribution < 1.29 is 4.42 Å². The summed E-state index contributed by atoms with van der Waals surface area (Å²) in [6, 6.07) is 52.6. The van der Waals surface area contributed by atoms with Crippen molar-refractivity contribution in [2.24, 2.45) is 0 Å². The maximum atomic E-state index is 6.48. The Balaban J connectivity index is 1.27. The maximum absolute atomic E-state index is 6.48. The molecule has 0 aliphatic heterocycles. The van der Waals surface area contributed by atoms with Crippen LogP contribution in [-0.2, 0) is 5.41 Å². The molecule has 1 heterocycles. The second-order valence-electron chi connectivity index (χ2n) is 13.6. The van der Waals surface area contributed by atoms with Crippen LogP contribution in [0.15, 0.2) is 150 Å². The molecule has 0 saturated carbocycles. The van der Waals surface area contributed by atoms with Crippen molar-refractivity contribution in [2.75, 3.05) is 0 Å². The third-order valence-electron chi connectivity index (χ3n) is 9.63. The first kappa shape index (κ1) is 27.6. The van der Waals surface area contributed by atoms with Gasteiger partial charge in [-0.3, -0.25) is 0 Å². The van der Waals surface area contributed by atoms with Crippen LogP contribution in [-0.4, -0.2) is 4.98 Å². The van der Waals surface area contributed by atoms with Gasteiger partial charge >= 0.3 is 0 Å². The van der Waals surface area contributed by atoms with Gasteiger partial charge in [-0.1, -0.05) is 142 Å². The number of fused-ring (bicyclic) bond motifs is 7. The second-order valence-corrected chi connectivity index (χ2v) is 13.6. The van der Waals surface area contributed by atoms with Crippen LogP contribution in [0.1, 0.15) is 26.3 Å². The van der Waals surface area contributed by atoms with Crippen molar-refractivity contribution in [2.45, 2.75) is 26.2 Å². The number of benzene rings is 8. The summed E-state index contributed by atoms with van der Waals surface area (Å²) in [4.78, 5) is 4.86. The number of aromatic nitrogens is 1. The zero-order valence-electron chi connectivity index (χ0n) is 26.7. The molecule has 2 nitrogen and oxygen atoms in total. The van der Waals surface area contributed by atoms with Gasteiger partial charge in [0.25, 0.3) is 0 Å². The van der Waals surface area contributed by atoms with Crippen molar-refractivity contribution in [3.63, 3.8) is 0 Å². The SMILES string of the molecule is CC(C)(C)c1ccc(-c2c3ccccc3c(-c3ccc4c(ccc5ccc6nc(-c7ccccc7)oc6c54)c3)c3ccccc23)cc1. The van der Waals surface area contributed by atoms with Crippen LogP contribution in [0, 0.1) is 0 Å². The summed E-state index contributed by atoms with van der Waals surface area (Å²) in [5, 5.41) is 9.63. The molecule has 0 atom stereocenters. The Morgan fingerprint density at radius 3 is 1.66 bits per heavy atom. The molecule has 0 unspecified atom stereocenters. The van der Waals surface area contributed by atoms with Gasteiger partial charge in [-0.25, -0.2) is 4.98 Å². The van der Waals surface area contributed by atoms with Crippen LogP contribution in [0.25, 0.3) is 87.9 Å². The van der Waals surface area contributed by atoms with Gasteiger partial charge < -0.3 is 4.42 Å². The number of rotatable bonds is 3. The summed E-state index contributed by atoms with van der Waals surface area (Å²) in [6.07, 6.45) is 0. The highest BCUT2D eigenvalue weighted by atomic mass is 16.3. The molecular formula is C45H33NO. The van der Waals surface area contributed by atoms with E-state index in [1.165, 1.54) is 54.7 Å². The van der Waals surface area contributed by atoms with Gasteiger partial charge in [-0.2, -0.15) is 0 Å². The molecule has 0 fully saturated rings. The molecule has 9 aromatic rings. The summed E-state index contributed by atoms with van der Waals surface area (Å²) < 4.78 is 6.48. The maximum Gasteiger partial charge on any atom is 0.227 e. The number of nitrogens with zero attached hydrogens (tertiary/aromatic N) is 1. The van der Waals surface area contributed by atoms with Crippen LogP contribution in [0.2, 0.25) is 0 Å². The van der Waals surface area contributed by atoms with E-state index in [1.54, 1.807) is 0 Å². The highest BCUT2D eigenvalue weighted by Crippen LogP contribution is 2.45. The Bertz CT molecular complexity index is 2580. The van der Waals surface area contributed by atoms with E-state index < -0.39 is 0 Å². The van der Waals surface area contributed by atoms with Gasteiger partial charge in [0.2, 0.25) is 5.89 Å².